The molecule has 0 saturated heterocycles. The van der Waals surface area contributed by atoms with Crippen LogP contribution in [0, 0.1) is 0 Å². The molecule has 1 aromatic heterocycles. The van der Waals surface area contributed by atoms with Crippen LogP contribution in [0.25, 0.3) is 11.0 Å². The van der Waals surface area contributed by atoms with Gasteiger partial charge < -0.3 is 14.8 Å². The number of imidazole rings is 1. The van der Waals surface area contributed by atoms with E-state index in [9.17, 15) is 9.59 Å². The van der Waals surface area contributed by atoms with Gasteiger partial charge in [-0.15, -0.1) is 0 Å². The highest BCUT2D eigenvalue weighted by atomic mass is 35.5. The molecule has 0 atom stereocenters. The summed E-state index contributed by atoms with van der Waals surface area (Å²) in [7, 11) is 6.33. The van der Waals surface area contributed by atoms with Gasteiger partial charge in [-0.05, 0) is 30.3 Å². The summed E-state index contributed by atoms with van der Waals surface area (Å²) in [4.78, 5) is 24.6. The number of anilines is 1. The number of methoxy groups -OCH3 is 2. The maximum Gasteiger partial charge on any atom is 0.328 e. The van der Waals surface area contributed by atoms with Crippen LogP contribution in [-0.4, -0.2) is 29.3 Å². The van der Waals surface area contributed by atoms with Gasteiger partial charge in [0.15, 0.2) is 11.5 Å². The van der Waals surface area contributed by atoms with Crippen molar-refractivity contribution in [1.82, 2.24) is 9.13 Å². The van der Waals surface area contributed by atoms with Crippen LogP contribution in [-0.2, 0) is 14.1 Å². The molecule has 0 aliphatic rings. The van der Waals surface area contributed by atoms with E-state index in [1.54, 1.807) is 42.9 Å². The average Bonchev–Trinajstić information content (AvgIpc) is 2.85. The van der Waals surface area contributed by atoms with Gasteiger partial charge in [0.05, 0.1) is 30.3 Å². The standard InChI is InChI=1S/C18H18ClN3O4/c1-21-13-6-5-11(9-14(13)22(2)18(21)24)20-17(23)10-7-12(19)16(26-4)15(8-10)25-3/h5-9H,1-4H3,(H,20,23). The summed E-state index contributed by atoms with van der Waals surface area (Å²) in [5.74, 6) is 0.380. The monoisotopic (exact) mass is 375 g/mol. The van der Waals surface area contributed by atoms with Gasteiger partial charge in [-0.3, -0.25) is 13.9 Å². The Balaban J connectivity index is 1.95. The number of ether oxygens (including phenoxy) is 2. The molecule has 1 N–H and O–H groups in total. The lowest BCUT2D eigenvalue weighted by Gasteiger charge is -2.12. The molecule has 1 amide bonds. The third-order valence-electron chi connectivity index (χ3n) is 4.23. The molecule has 26 heavy (non-hydrogen) atoms. The second-order valence-corrected chi connectivity index (χ2v) is 6.16. The van der Waals surface area contributed by atoms with Gasteiger partial charge in [0, 0.05) is 25.3 Å². The van der Waals surface area contributed by atoms with Crippen molar-refractivity contribution >= 4 is 34.2 Å². The number of nitrogens with zero attached hydrogens (tertiary/aromatic N) is 2. The maximum atomic E-state index is 12.6. The molecule has 0 aliphatic carbocycles. The van der Waals surface area contributed by atoms with Crippen LogP contribution in [0.4, 0.5) is 5.69 Å². The quantitative estimate of drug-likeness (QED) is 0.761. The second-order valence-electron chi connectivity index (χ2n) is 5.75. The zero-order valence-electron chi connectivity index (χ0n) is 14.8. The van der Waals surface area contributed by atoms with Crippen LogP contribution in [0.15, 0.2) is 35.1 Å². The molecule has 0 aliphatic heterocycles. The predicted octanol–water partition coefficient (Wildman–Crippen LogP) is 2.80. The fourth-order valence-corrected chi connectivity index (χ4v) is 3.12. The molecule has 136 valence electrons. The SMILES string of the molecule is COc1cc(C(=O)Nc2ccc3c(c2)n(C)c(=O)n3C)cc(Cl)c1OC. The highest BCUT2D eigenvalue weighted by molar-refractivity contribution is 6.32. The van der Waals surface area contributed by atoms with Crippen molar-refractivity contribution in [2.45, 2.75) is 0 Å². The first-order valence-corrected chi connectivity index (χ1v) is 8.13. The van der Waals surface area contributed by atoms with Gasteiger partial charge in [-0.25, -0.2) is 4.79 Å². The summed E-state index contributed by atoms with van der Waals surface area (Å²) in [6.45, 7) is 0. The van der Waals surface area contributed by atoms with Crippen molar-refractivity contribution in [2.75, 3.05) is 19.5 Å². The fourth-order valence-electron chi connectivity index (χ4n) is 2.84. The van der Waals surface area contributed by atoms with E-state index in [1.165, 1.54) is 24.9 Å². The van der Waals surface area contributed by atoms with Gasteiger partial charge in [-0.2, -0.15) is 0 Å². The highest BCUT2D eigenvalue weighted by Gasteiger charge is 2.16. The van der Waals surface area contributed by atoms with Crippen molar-refractivity contribution in [3.63, 3.8) is 0 Å². The molecular formula is C18H18ClN3O4. The Bertz CT molecular complexity index is 1070. The number of hydrogen-bond donors (Lipinski definition) is 1. The Morgan fingerprint density at radius 1 is 1.04 bits per heavy atom. The number of aromatic nitrogens is 2. The second kappa shape index (κ2) is 6.76. The first-order chi connectivity index (χ1) is 12.4. The number of rotatable bonds is 4. The van der Waals surface area contributed by atoms with Gasteiger partial charge in [0.25, 0.3) is 5.91 Å². The molecule has 0 unspecified atom stereocenters. The van der Waals surface area contributed by atoms with Crippen LogP contribution in [0.3, 0.4) is 0 Å². The molecule has 1 heterocycles. The number of amides is 1. The van der Waals surface area contributed by atoms with Crippen molar-refractivity contribution < 1.29 is 14.3 Å². The van der Waals surface area contributed by atoms with Crippen LogP contribution in [0.2, 0.25) is 5.02 Å². The first-order valence-electron chi connectivity index (χ1n) is 7.75. The third kappa shape index (κ3) is 2.90. The minimum absolute atomic E-state index is 0.129. The zero-order chi connectivity index (χ0) is 19.0. The summed E-state index contributed by atoms with van der Waals surface area (Å²) < 4.78 is 13.5. The van der Waals surface area contributed by atoms with E-state index in [1.807, 2.05) is 0 Å². The number of carbonyl (C=O) groups is 1. The number of aryl methyl sites for hydroxylation is 2. The third-order valence-corrected chi connectivity index (χ3v) is 4.51. The molecule has 3 aromatic rings. The van der Waals surface area contributed by atoms with Gasteiger partial charge in [-0.1, -0.05) is 11.6 Å². The molecule has 0 bridgehead atoms. The first kappa shape index (κ1) is 17.9. The number of fused-ring (bicyclic) bond motifs is 1. The summed E-state index contributed by atoms with van der Waals surface area (Å²) in [5.41, 5.74) is 2.27. The summed E-state index contributed by atoms with van der Waals surface area (Å²) in [6.07, 6.45) is 0. The van der Waals surface area contributed by atoms with Gasteiger partial charge in [0.1, 0.15) is 0 Å². The normalized spacial score (nSPS) is 10.8. The minimum atomic E-state index is -0.354. The van der Waals surface area contributed by atoms with Crippen LogP contribution >= 0.6 is 11.6 Å². The molecule has 0 radical (unpaired) electrons. The Labute approximate surface area is 154 Å². The number of nitrogens with one attached hydrogen (secondary N) is 1. The van der Waals surface area contributed by atoms with Crippen molar-refractivity contribution in [3.8, 4) is 11.5 Å². The van der Waals surface area contributed by atoms with E-state index in [2.05, 4.69) is 5.32 Å². The number of hydrogen-bond acceptors (Lipinski definition) is 4. The minimum Gasteiger partial charge on any atom is -0.493 e. The molecule has 2 aromatic carbocycles. The van der Waals surface area contributed by atoms with Crippen molar-refractivity contribution in [1.29, 1.82) is 0 Å². The summed E-state index contributed by atoms with van der Waals surface area (Å²) in [6, 6.07) is 8.33. The molecule has 7 nitrogen and oxygen atoms in total. The Kier molecular flexibility index (Phi) is 4.65. The topological polar surface area (TPSA) is 74.5 Å². The lowest BCUT2D eigenvalue weighted by molar-refractivity contribution is 0.102. The van der Waals surface area contributed by atoms with E-state index in [4.69, 9.17) is 21.1 Å². The Morgan fingerprint density at radius 3 is 2.38 bits per heavy atom. The predicted molar refractivity (Wildman–Crippen MR) is 101 cm³/mol. The van der Waals surface area contributed by atoms with E-state index in [0.717, 1.165) is 11.0 Å². The molecule has 8 heteroatoms. The van der Waals surface area contributed by atoms with Gasteiger partial charge in [0.2, 0.25) is 0 Å². The van der Waals surface area contributed by atoms with Gasteiger partial charge >= 0.3 is 5.69 Å². The number of carbonyl (C=O) groups excluding carboxylic acids is 1. The maximum absolute atomic E-state index is 12.6. The highest BCUT2D eigenvalue weighted by Crippen LogP contribution is 2.36. The molecule has 3 rings (SSSR count). The Hall–Kier alpha value is -2.93. The lowest BCUT2D eigenvalue weighted by atomic mass is 10.1. The fraction of sp³-hybridized carbons (Fsp3) is 0.222. The molecule has 0 saturated carbocycles. The number of benzene rings is 2. The largest absolute Gasteiger partial charge is 0.493 e. The van der Waals surface area contributed by atoms with E-state index in [-0.39, 0.29) is 16.6 Å². The van der Waals surface area contributed by atoms with E-state index >= 15 is 0 Å². The Morgan fingerprint density at radius 2 is 1.73 bits per heavy atom. The van der Waals surface area contributed by atoms with E-state index < -0.39 is 0 Å². The van der Waals surface area contributed by atoms with Crippen LogP contribution < -0.4 is 20.5 Å². The lowest BCUT2D eigenvalue weighted by Crippen LogP contribution is -2.19. The zero-order valence-corrected chi connectivity index (χ0v) is 15.5. The molecular weight excluding hydrogens is 358 g/mol. The number of halogens is 1. The van der Waals surface area contributed by atoms with E-state index in [0.29, 0.717) is 22.7 Å². The molecule has 0 spiro atoms. The summed E-state index contributed by atoms with van der Waals surface area (Å²) >= 11 is 6.15. The average molecular weight is 376 g/mol. The summed E-state index contributed by atoms with van der Waals surface area (Å²) in [5, 5.41) is 3.08. The van der Waals surface area contributed by atoms with Crippen LogP contribution in [0.1, 0.15) is 10.4 Å². The van der Waals surface area contributed by atoms with Crippen molar-refractivity contribution in [3.05, 3.63) is 51.4 Å². The van der Waals surface area contributed by atoms with Crippen LogP contribution in [0.5, 0.6) is 11.5 Å². The smallest absolute Gasteiger partial charge is 0.328 e. The van der Waals surface area contributed by atoms with Crippen molar-refractivity contribution in [2.24, 2.45) is 14.1 Å². The molecule has 0 fully saturated rings.